The minimum atomic E-state index is -0.842. The normalized spacial score (nSPS) is 11.7. The lowest BCUT2D eigenvalue weighted by Gasteiger charge is -2.14. The molecule has 3 aromatic rings. The van der Waals surface area contributed by atoms with E-state index in [1.165, 1.54) is 22.3 Å². The van der Waals surface area contributed by atoms with E-state index in [0.717, 1.165) is 36.0 Å². The van der Waals surface area contributed by atoms with Crippen LogP contribution in [-0.2, 0) is 17.8 Å². The molecule has 3 aromatic carbocycles. The summed E-state index contributed by atoms with van der Waals surface area (Å²) in [6, 6.07) is 22.8. The summed E-state index contributed by atoms with van der Waals surface area (Å²) < 4.78 is 5.99. The molecule has 0 aliphatic rings. The third-order valence-corrected chi connectivity index (χ3v) is 6.01. The van der Waals surface area contributed by atoms with E-state index in [4.69, 9.17) is 20.7 Å². The van der Waals surface area contributed by atoms with E-state index < -0.39 is 5.97 Å². The van der Waals surface area contributed by atoms with E-state index in [-0.39, 0.29) is 12.3 Å². The zero-order valence-electron chi connectivity index (χ0n) is 22.5. The number of aliphatic hydroxyl groups is 1. The van der Waals surface area contributed by atoms with E-state index in [1.807, 2.05) is 31.2 Å². The minimum absolute atomic E-state index is 0.0291. The van der Waals surface area contributed by atoms with Crippen molar-refractivity contribution in [2.45, 2.75) is 59.5 Å². The number of carboxylic acid groups (broad SMARTS) is 1. The summed E-state index contributed by atoms with van der Waals surface area (Å²) >= 11 is 0. The Morgan fingerprint density at radius 2 is 1.65 bits per heavy atom. The van der Waals surface area contributed by atoms with Crippen LogP contribution in [0.3, 0.4) is 0 Å². The Balaban J connectivity index is 0.000000877. The van der Waals surface area contributed by atoms with Gasteiger partial charge in [0.1, 0.15) is 12.4 Å². The smallest absolute Gasteiger partial charge is 0.304 e. The second-order valence-electron chi connectivity index (χ2n) is 9.63. The predicted octanol–water partition coefficient (Wildman–Crippen LogP) is 7.42. The summed E-state index contributed by atoms with van der Waals surface area (Å²) in [5.41, 5.74) is 12.8. The molecule has 4 N–H and O–H groups in total. The number of rotatable bonds is 11. The molecule has 0 bridgehead atoms. The van der Waals surface area contributed by atoms with E-state index in [1.54, 1.807) is 6.08 Å². The van der Waals surface area contributed by atoms with Crippen LogP contribution in [-0.4, -0.2) is 22.7 Å². The lowest BCUT2D eigenvalue weighted by molar-refractivity contribution is -0.137. The largest absolute Gasteiger partial charge is 0.516 e. The highest BCUT2D eigenvalue weighted by Gasteiger charge is 2.14. The van der Waals surface area contributed by atoms with Crippen molar-refractivity contribution in [2.75, 3.05) is 6.54 Å². The van der Waals surface area contributed by atoms with Gasteiger partial charge in [0.2, 0.25) is 0 Å². The van der Waals surface area contributed by atoms with Gasteiger partial charge in [0, 0.05) is 5.92 Å². The molecular weight excluding hydrogens is 462 g/mol. The number of aliphatic hydroxyl groups excluding tert-OH is 1. The van der Waals surface area contributed by atoms with E-state index in [2.05, 4.69) is 63.2 Å². The van der Waals surface area contributed by atoms with Gasteiger partial charge in [-0.15, -0.1) is 0 Å². The SMILES string of the molecule is CC/C=C\O.Cc1ccc(COc2ccc(C(CN)CC(=O)O)cc2)cc1-c1ccc(CC(C)C)cc1. The Morgan fingerprint density at radius 1 is 1.00 bits per heavy atom. The first-order valence-corrected chi connectivity index (χ1v) is 12.9. The number of aryl methyl sites for hydroxylation is 1. The summed E-state index contributed by atoms with van der Waals surface area (Å²) in [5.74, 6) is 0.370. The van der Waals surface area contributed by atoms with Crippen molar-refractivity contribution in [3.05, 3.63) is 101 Å². The summed E-state index contributed by atoms with van der Waals surface area (Å²) in [5, 5.41) is 16.9. The molecular formula is C32H41NO4. The zero-order chi connectivity index (χ0) is 27.2. The molecule has 5 heteroatoms. The Morgan fingerprint density at radius 3 is 2.16 bits per heavy atom. The third-order valence-electron chi connectivity index (χ3n) is 6.01. The highest BCUT2D eigenvalue weighted by molar-refractivity contribution is 5.68. The van der Waals surface area contributed by atoms with Gasteiger partial charge in [0.25, 0.3) is 0 Å². The Bertz CT molecular complexity index is 1120. The van der Waals surface area contributed by atoms with Gasteiger partial charge >= 0.3 is 5.97 Å². The van der Waals surface area contributed by atoms with Crippen LogP contribution in [0.15, 0.2) is 79.1 Å². The fraction of sp³-hybridized carbons (Fsp3) is 0.344. The lowest BCUT2D eigenvalue weighted by Crippen LogP contribution is -2.16. The fourth-order valence-electron chi connectivity index (χ4n) is 4.02. The molecule has 0 saturated carbocycles. The van der Waals surface area contributed by atoms with Crippen LogP contribution in [0.4, 0.5) is 0 Å². The van der Waals surface area contributed by atoms with Gasteiger partial charge in [0.15, 0.2) is 0 Å². The molecule has 0 heterocycles. The summed E-state index contributed by atoms with van der Waals surface area (Å²) in [6.07, 6.45) is 4.77. The molecule has 0 spiro atoms. The van der Waals surface area contributed by atoms with Crippen LogP contribution in [0.1, 0.15) is 61.8 Å². The maximum absolute atomic E-state index is 11.0. The number of allylic oxidation sites excluding steroid dienone is 1. The molecule has 0 saturated heterocycles. The van der Waals surface area contributed by atoms with Crippen molar-refractivity contribution in [2.24, 2.45) is 11.7 Å². The Kier molecular flexibility index (Phi) is 12.4. The van der Waals surface area contributed by atoms with Gasteiger partial charge in [-0.25, -0.2) is 0 Å². The van der Waals surface area contributed by atoms with E-state index >= 15 is 0 Å². The third kappa shape index (κ3) is 10.1. The number of carbonyl (C=O) groups is 1. The van der Waals surface area contributed by atoms with Crippen molar-refractivity contribution < 1.29 is 19.7 Å². The number of hydrogen-bond acceptors (Lipinski definition) is 4. The monoisotopic (exact) mass is 503 g/mol. The van der Waals surface area contributed by atoms with Crippen molar-refractivity contribution in [3.63, 3.8) is 0 Å². The molecule has 198 valence electrons. The number of carboxylic acids is 1. The minimum Gasteiger partial charge on any atom is -0.516 e. The van der Waals surface area contributed by atoms with Crippen LogP contribution in [0.2, 0.25) is 0 Å². The highest BCUT2D eigenvalue weighted by Crippen LogP contribution is 2.27. The first-order valence-electron chi connectivity index (χ1n) is 12.9. The average molecular weight is 504 g/mol. The van der Waals surface area contributed by atoms with Crippen molar-refractivity contribution in [3.8, 4) is 16.9 Å². The van der Waals surface area contributed by atoms with Gasteiger partial charge in [0.05, 0.1) is 12.7 Å². The molecule has 0 aliphatic carbocycles. The van der Waals surface area contributed by atoms with Crippen molar-refractivity contribution in [1.29, 1.82) is 0 Å². The summed E-state index contributed by atoms with van der Waals surface area (Å²) in [6.45, 7) is 9.34. The molecule has 0 aliphatic heterocycles. The first kappa shape index (κ1) is 29.7. The highest BCUT2D eigenvalue weighted by atomic mass is 16.5. The van der Waals surface area contributed by atoms with Crippen molar-refractivity contribution >= 4 is 5.97 Å². The molecule has 0 fully saturated rings. The van der Waals surface area contributed by atoms with Crippen LogP contribution in [0.5, 0.6) is 5.75 Å². The van der Waals surface area contributed by atoms with Crippen LogP contribution in [0, 0.1) is 12.8 Å². The summed E-state index contributed by atoms with van der Waals surface area (Å²) in [7, 11) is 0. The first-order chi connectivity index (χ1) is 17.8. The molecule has 3 rings (SSSR count). The van der Waals surface area contributed by atoms with E-state index in [9.17, 15) is 4.79 Å². The average Bonchev–Trinajstić information content (AvgIpc) is 2.88. The molecule has 0 amide bonds. The maximum atomic E-state index is 11.0. The predicted molar refractivity (Wildman–Crippen MR) is 152 cm³/mol. The molecule has 1 atom stereocenters. The Hall–Kier alpha value is -3.57. The number of benzene rings is 3. The zero-order valence-corrected chi connectivity index (χ0v) is 22.5. The number of nitrogens with two attached hydrogens (primary N) is 1. The van der Waals surface area contributed by atoms with Gasteiger partial charge < -0.3 is 20.7 Å². The molecule has 1 unspecified atom stereocenters. The topological polar surface area (TPSA) is 92.8 Å². The number of aliphatic carboxylic acids is 1. The quantitative estimate of drug-likeness (QED) is 0.237. The second-order valence-corrected chi connectivity index (χ2v) is 9.63. The van der Waals surface area contributed by atoms with Crippen LogP contribution >= 0.6 is 0 Å². The second kappa shape index (κ2) is 15.5. The van der Waals surface area contributed by atoms with Gasteiger partial charge in [-0.2, -0.15) is 0 Å². The molecule has 5 nitrogen and oxygen atoms in total. The number of hydrogen-bond donors (Lipinski definition) is 3. The van der Waals surface area contributed by atoms with Crippen LogP contribution in [0.25, 0.3) is 11.1 Å². The standard InChI is InChI=1S/C28H33NO3.C4H8O/c1-19(2)14-21-6-8-24(9-7-21)27-15-22(5-4-20(27)3)18-32-26-12-10-23(11-13-26)25(17-29)16-28(30)31;1-2-3-4-5/h4-13,15,19,25H,14,16-18,29H2,1-3H3,(H,30,31);3-5H,2H2,1H3/b;4-3-. The molecule has 0 aromatic heterocycles. The van der Waals surface area contributed by atoms with Crippen LogP contribution < -0.4 is 10.5 Å². The van der Waals surface area contributed by atoms with Gasteiger partial charge in [-0.05, 0) is 83.8 Å². The maximum Gasteiger partial charge on any atom is 0.304 e. The van der Waals surface area contributed by atoms with Crippen molar-refractivity contribution in [1.82, 2.24) is 0 Å². The van der Waals surface area contributed by atoms with Gasteiger partial charge in [-0.3, -0.25) is 4.79 Å². The van der Waals surface area contributed by atoms with E-state index in [0.29, 0.717) is 19.1 Å². The molecule has 0 radical (unpaired) electrons. The number of ether oxygens (including phenoxy) is 1. The molecule has 37 heavy (non-hydrogen) atoms. The lowest BCUT2D eigenvalue weighted by atomic mass is 9.95. The Labute approximate surface area is 221 Å². The summed E-state index contributed by atoms with van der Waals surface area (Å²) in [4.78, 5) is 11.0. The fourth-order valence-corrected chi connectivity index (χ4v) is 4.02. The van der Waals surface area contributed by atoms with Gasteiger partial charge in [-0.1, -0.05) is 75.4 Å².